The maximum atomic E-state index is 13.6. The van der Waals surface area contributed by atoms with Gasteiger partial charge in [-0.05, 0) is 61.1 Å². The van der Waals surface area contributed by atoms with Gasteiger partial charge in [-0.15, -0.1) is 11.3 Å². The Morgan fingerprint density at radius 1 is 1.08 bits per heavy atom. The van der Waals surface area contributed by atoms with Crippen LogP contribution in [0.1, 0.15) is 56.0 Å². The maximum absolute atomic E-state index is 13.6. The topological polar surface area (TPSA) is 94.3 Å². The van der Waals surface area contributed by atoms with Gasteiger partial charge in [0, 0.05) is 51.5 Å². The predicted molar refractivity (Wildman–Crippen MR) is 149 cm³/mol. The first-order valence-electron chi connectivity index (χ1n) is 12.4. The molecule has 1 aliphatic heterocycles. The summed E-state index contributed by atoms with van der Waals surface area (Å²) in [6.45, 7) is 0.846. The number of aromatic amines is 1. The fourth-order valence-electron chi connectivity index (χ4n) is 5.23. The number of rotatable bonds is 6. The second-order valence-corrected chi connectivity index (χ2v) is 11.5. The molecule has 6 rings (SSSR count). The fraction of sp³-hybridized carbons (Fsp3) is 0.250. The number of hydrogen-bond donors (Lipinski definition) is 3. The van der Waals surface area contributed by atoms with Crippen molar-refractivity contribution in [3.63, 3.8) is 0 Å². The van der Waals surface area contributed by atoms with Crippen LogP contribution in [0.2, 0.25) is 0 Å². The molecule has 0 radical (unpaired) electrons. The standard InChI is InChI=1S/C28H25BrN4O3S/c29-17-13-21-19(9-11-30-21)22(14-17)31-26(35)25-20-7-3-4-8-23(20)37-27(25)32-24(34)10-12-33-15-16-5-1-2-6-18(16)28(33)36/h1-2,5-6,9,11,13-14,30H,3-4,7-8,10,12,15H2,(H,31,35)(H,32,34). The average molecular weight is 578 g/mol. The van der Waals surface area contributed by atoms with E-state index in [1.807, 2.05) is 48.7 Å². The average Bonchev–Trinajstić information content (AvgIpc) is 3.58. The Balaban J connectivity index is 1.20. The minimum atomic E-state index is -0.222. The van der Waals surface area contributed by atoms with Crippen LogP contribution in [0.15, 0.2) is 53.1 Å². The number of benzene rings is 2. The molecule has 188 valence electrons. The minimum Gasteiger partial charge on any atom is -0.361 e. The molecule has 3 N–H and O–H groups in total. The molecular weight excluding hydrogens is 552 g/mol. The summed E-state index contributed by atoms with van der Waals surface area (Å²) in [5, 5.41) is 7.60. The number of H-pyrrole nitrogens is 1. The monoisotopic (exact) mass is 576 g/mol. The Morgan fingerprint density at radius 2 is 1.92 bits per heavy atom. The number of thiophene rings is 1. The first kappa shape index (κ1) is 23.9. The van der Waals surface area contributed by atoms with Gasteiger partial charge in [0.05, 0.1) is 11.3 Å². The van der Waals surface area contributed by atoms with Crippen molar-refractivity contribution in [2.75, 3.05) is 17.2 Å². The van der Waals surface area contributed by atoms with Crippen LogP contribution >= 0.6 is 27.3 Å². The quantitative estimate of drug-likeness (QED) is 0.258. The molecule has 0 atom stereocenters. The SMILES string of the molecule is O=C(CCN1Cc2ccccc2C1=O)Nc1sc2c(c1C(=O)Nc1cc(Br)cc3[nH]ccc13)CCCC2. The van der Waals surface area contributed by atoms with Crippen molar-refractivity contribution in [3.8, 4) is 0 Å². The highest BCUT2D eigenvalue weighted by Crippen LogP contribution is 2.39. The molecule has 37 heavy (non-hydrogen) atoms. The molecule has 0 bridgehead atoms. The zero-order chi connectivity index (χ0) is 25.5. The number of aromatic nitrogens is 1. The molecular formula is C28H25BrN4O3S. The van der Waals surface area contributed by atoms with Crippen molar-refractivity contribution in [2.45, 2.75) is 38.6 Å². The second kappa shape index (κ2) is 9.79. The number of amides is 3. The molecule has 9 heteroatoms. The molecule has 2 aliphatic rings. The summed E-state index contributed by atoms with van der Waals surface area (Å²) in [6, 6.07) is 13.3. The van der Waals surface area contributed by atoms with Crippen molar-refractivity contribution >= 4 is 66.6 Å². The summed E-state index contributed by atoms with van der Waals surface area (Å²) in [6.07, 6.45) is 5.84. The van der Waals surface area contributed by atoms with Crippen LogP contribution in [-0.4, -0.2) is 34.2 Å². The van der Waals surface area contributed by atoms with Crippen molar-refractivity contribution < 1.29 is 14.4 Å². The van der Waals surface area contributed by atoms with Gasteiger partial charge in [0.25, 0.3) is 11.8 Å². The summed E-state index contributed by atoms with van der Waals surface area (Å²) in [5.74, 6) is -0.465. The van der Waals surface area contributed by atoms with Crippen LogP contribution in [0, 0.1) is 0 Å². The summed E-state index contributed by atoms with van der Waals surface area (Å²) in [7, 11) is 0. The Hall–Kier alpha value is -3.43. The number of hydrogen-bond acceptors (Lipinski definition) is 4. The van der Waals surface area contributed by atoms with E-state index in [4.69, 9.17) is 0 Å². The van der Waals surface area contributed by atoms with Crippen LogP contribution < -0.4 is 10.6 Å². The summed E-state index contributed by atoms with van der Waals surface area (Å²) in [5.41, 5.74) is 4.91. The number of nitrogens with zero attached hydrogens (tertiary/aromatic N) is 1. The summed E-state index contributed by atoms with van der Waals surface area (Å²) < 4.78 is 0.859. The third kappa shape index (κ3) is 4.57. The molecule has 0 saturated carbocycles. The van der Waals surface area contributed by atoms with Crippen molar-refractivity contribution in [1.29, 1.82) is 0 Å². The summed E-state index contributed by atoms with van der Waals surface area (Å²) in [4.78, 5) is 45.3. The van der Waals surface area contributed by atoms with E-state index in [2.05, 4.69) is 31.5 Å². The van der Waals surface area contributed by atoms with Gasteiger partial charge < -0.3 is 20.5 Å². The first-order valence-corrected chi connectivity index (χ1v) is 14.0. The maximum Gasteiger partial charge on any atom is 0.258 e. The Bertz CT molecular complexity index is 1560. The van der Waals surface area contributed by atoms with Gasteiger partial charge in [0.1, 0.15) is 5.00 Å². The smallest absolute Gasteiger partial charge is 0.258 e. The molecule has 0 unspecified atom stereocenters. The van der Waals surface area contributed by atoms with Crippen molar-refractivity contribution in [1.82, 2.24) is 9.88 Å². The predicted octanol–water partition coefficient (Wildman–Crippen LogP) is 6.11. The van der Waals surface area contributed by atoms with E-state index < -0.39 is 0 Å². The normalized spacial score (nSPS) is 14.5. The zero-order valence-electron chi connectivity index (χ0n) is 20.0. The van der Waals surface area contributed by atoms with Crippen LogP contribution in [-0.2, 0) is 24.2 Å². The number of aryl methyl sites for hydroxylation is 1. The van der Waals surface area contributed by atoms with Crippen LogP contribution in [0.25, 0.3) is 10.9 Å². The van der Waals surface area contributed by atoms with Gasteiger partial charge in [0.15, 0.2) is 0 Å². The highest BCUT2D eigenvalue weighted by Gasteiger charge is 2.29. The van der Waals surface area contributed by atoms with Gasteiger partial charge in [-0.3, -0.25) is 14.4 Å². The molecule has 3 heterocycles. The number of carbonyl (C=O) groups excluding carboxylic acids is 3. The van der Waals surface area contributed by atoms with E-state index in [0.717, 1.165) is 57.1 Å². The molecule has 0 saturated heterocycles. The first-order chi connectivity index (χ1) is 18.0. The van der Waals surface area contributed by atoms with E-state index in [1.54, 1.807) is 4.90 Å². The molecule has 3 amide bonds. The lowest BCUT2D eigenvalue weighted by molar-refractivity contribution is -0.116. The van der Waals surface area contributed by atoms with E-state index >= 15 is 0 Å². The lowest BCUT2D eigenvalue weighted by Crippen LogP contribution is -2.28. The zero-order valence-corrected chi connectivity index (χ0v) is 22.4. The van der Waals surface area contributed by atoms with Gasteiger partial charge in [-0.1, -0.05) is 34.1 Å². The summed E-state index contributed by atoms with van der Waals surface area (Å²) >= 11 is 5.02. The van der Waals surface area contributed by atoms with Crippen LogP contribution in [0.5, 0.6) is 0 Å². The van der Waals surface area contributed by atoms with Gasteiger partial charge in [-0.2, -0.15) is 0 Å². The molecule has 4 aromatic rings. The van der Waals surface area contributed by atoms with E-state index in [1.165, 1.54) is 11.3 Å². The fourth-order valence-corrected chi connectivity index (χ4v) is 7.00. The number of carbonyl (C=O) groups is 3. The van der Waals surface area contributed by atoms with E-state index in [9.17, 15) is 14.4 Å². The number of halogens is 1. The minimum absolute atomic E-state index is 0.0415. The second-order valence-electron chi connectivity index (χ2n) is 9.44. The lowest BCUT2D eigenvalue weighted by Gasteiger charge is -2.16. The number of fused-ring (bicyclic) bond motifs is 3. The number of anilines is 2. The molecule has 2 aromatic carbocycles. The van der Waals surface area contributed by atoms with Crippen molar-refractivity contribution in [2.24, 2.45) is 0 Å². The third-order valence-electron chi connectivity index (χ3n) is 7.04. The van der Waals surface area contributed by atoms with Gasteiger partial charge in [-0.25, -0.2) is 0 Å². The van der Waals surface area contributed by atoms with Gasteiger partial charge >= 0.3 is 0 Å². The van der Waals surface area contributed by atoms with E-state index in [-0.39, 0.29) is 24.1 Å². The molecule has 7 nitrogen and oxygen atoms in total. The van der Waals surface area contributed by atoms with Gasteiger partial charge in [0.2, 0.25) is 5.91 Å². The molecule has 2 aromatic heterocycles. The third-order valence-corrected chi connectivity index (χ3v) is 8.70. The molecule has 1 aliphatic carbocycles. The van der Waals surface area contributed by atoms with E-state index in [0.29, 0.717) is 34.9 Å². The van der Waals surface area contributed by atoms with Crippen LogP contribution in [0.3, 0.4) is 0 Å². The Kier molecular flexibility index (Phi) is 6.34. The largest absolute Gasteiger partial charge is 0.361 e. The highest BCUT2D eigenvalue weighted by atomic mass is 79.9. The van der Waals surface area contributed by atoms with Crippen molar-refractivity contribution in [3.05, 3.63) is 80.3 Å². The molecule has 0 fully saturated rings. The molecule has 0 spiro atoms. The highest BCUT2D eigenvalue weighted by molar-refractivity contribution is 9.10. The number of nitrogens with one attached hydrogen (secondary N) is 3. The Morgan fingerprint density at radius 3 is 2.78 bits per heavy atom. The Labute approximate surface area is 226 Å². The lowest BCUT2D eigenvalue weighted by atomic mass is 9.95. The van der Waals surface area contributed by atoms with Crippen LogP contribution in [0.4, 0.5) is 10.7 Å².